The summed E-state index contributed by atoms with van der Waals surface area (Å²) in [6.45, 7) is 4.15. The summed E-state index contributed by atoms with van der Waals surface area (Å²) in [6.07, 6.45) is 1.65. The van der Waals surface area contributed by atoms with Crippen molar-refractivity contribution in [3.63, 3.8) is 0 Å². The Labute approximate surface area is 92.6 Å². The van der Waals surface area contributed by atoms with Crippen LogP contribution in [0.1, 0.15) is 35.8 Å². The Morgan fingerprint density at radius 3 is 2.93 bits per heavy atom. The van der Waals surface area contributed by atoms with Gasteiger partial charge in [-0.3, -0.25) is 14.5 Å². The average molecular weight is 228 g/mol. The number of rotatable bonds is 3. The van der Waals surface area contributed by atoms with Crippen molar-refractivity contribution in [3.8, 4) is 0 Å². The van der Waals surface area contributed by atoms with E-state index in [4.69, 9.17) is 0 Å². The maximum absolute atomic E-state index is 11.4. The number of carbonyl (C=O) groups is 1. The van der Waals surface area contributed by atoms with E-state index in [2.05, 4.69) is 35.2 Å². The van der Waals surface area contributed by atoms with E-state index < -0.39 is 0 Å². The highest BCUT2D eigenvalue weighted by Gasteiger charge is 2.08. The van der Waals surface area contributed by atoms with Crippen LogP contribution in [0.3, 0.4) is 0 Å². The van der Waals surface area contributed by atoms with Gasteiger partial charge in [-0.15, -0.1) is 0 Å². The van der Waals surface area contributed by atoms with Crippen LogP contribution in [-0.4, -0.2) is 10.9 Å². The first kappa shape index (κ1) is 11.4. The van der Waals surface area contributed by atoms with E-state index in [-0.39, 0.29) is 5.91 Å². The largest absolute Gasteiger partial charge is 0.286 e. The van der Waals surface area contributed by atoms with E-state index in [9.17, 15) is 4.79 Å². The number of nitrogens with one attached hydrogen (secondary N) is 1. The zero-order chi connectivity index (χ0) is 10.6. The second kappa shape index (κ2) is 5.26. The van der Waals surface area contributed by atoms with Crippen molar-refractivity contribution in [3.05, 3.63) is 29.6 Å². The molecular formula is C9H12N2OS2. The monoisotopic (exact) mass is 228 g/mol. The molecule has 14 heavy (non-hydrogen) atoms. The minimum absolute atomic E-state index is 0.215. The van der Waals surface area contributed by atoms with Gasteiger partial charge in [0.05, 0.1) is 0 Å². The van der Waals surface area contributed by atoms with Gasteiger partial charge in [0.1, 0.15) is 5.69 Å². The summed E-state index contributed by atoms with van der Waals surface area (Å²) in [5, 5.41) is 0. The zero-order valence-electron chi connectivity index (χ0n) is 8.02. The number of pyridine rings is 1. The molecule has 0 aliphatic heterocycles. The quantitative estimate of drug-likeness (QED) is 0.474. The van der Waals surface area contributed by atoms with Crippen molar-refractivity contribution in [2.24, 2.45) is 0 Å². The lowest BCUT2D eigenvalue weighted by Gasteiger charge is -2.06. The fraction of sp³-hybridized carbons (Fsp3) is 0.333. The number of aromatic nitrogens is 1. The third kappa shape index (κ3) is 2.92. The van der Waals surface area contributed by atoms with Crippen LogP contribution in [0.25, 0.3) is 0 Å². The number of thiol groups is 1. The Kier molecular flexibility index (Phi) is 4.28. The second-order valence-corrected chi connectivity index (χ2v) is 4.09. The Bertz CT molecular complexity index is 328. The van der Waals surface area contributed by atoms with Gasteiger partial charge >= 0.3 is 0 Å². The Balaban J connectivity index is 2.88. The van der Waals surface area contributed by atoms with E-state index in [1.165, 1.54) is 0 Å². The van der Waals surface area contributed by atoms with Crippen LogP contribution in [-0.2, 0) is 0 Å². The van der Waals surface area contributed by atoms with E-state index in [1.54, 1.807) is 12.3 Å². The molecule has 5 heteroatoms. The number of amides is 1. The molecule has 0 fully saturated rings. The van der Waals surface area contributed by atoms with Crippen molar-refractivity contribution < 1.29 is 4.79 Å². The molecule has 1 aromatic heterocycles. The molecule has 1 amide bonds. The number of nitrogens with zero attached hydrogens (tertiary/aromatic N) is 1. The molecule has 0 radical (unpaired) electrons. The first-order valence-electron chi connectivity index (χ1n) is 4.22. The fourth-order valence-corrected chi connectivity index (χ4v) is 1.46. The molecular weight excluding hydrogens is 216 g/mol. The van der Waals surface area contributed by atoms with Gasteiger partial charge in [-0.2, -0.15) is 0 Å². The molecule has 1 N–H and O–H groups in total. The van der Waals surface area contributed by atoms with Crippen molar-refractivity contribution >= 4 is 28.5 Å². The summed E-state index contributed by atoms with van der Waals surface area (Å²) in [4.78, 5) is 15.4. The average Bonchev–Trinajstić information content (AvgIpc) is 2.18. The predicted molar refractivity (Wildman–Crippen MR) is 62.4 cm³/mol. The second-order valence-electron chi connectivity index (χ2n) is 3.15. The first-order chi connectivity index (χ1) is 6.65. The highest BCUT2D eigenvalue weighted by Crippen LogP contribution is 2.14. The summed E-state index contributed by atoms with van der Waals surface area (Å²) in [6, 6.07) is 3.71. The van der Waals surface area contributed by atoms with Gasteiger partial charge in [0.25, 0.3) is 5.91 Å². The summed E-state index contributed by atoms with van der Waals surface area (Å²) < 4.78 is 2.51. The molecule has 0 saturated carbocycles. The molecule has 1 aromatic rings. The standard InChI is InChI=1S/C9H12N2OS2/c1-6(2)7-3-4-10-8(5-7)9(12)11-14-13/h3-6,13H,1-2H3,(H,11,12). The highest BCUT2D eigenvalue weighted by molar-refractivity contribution is 8.68. The van der Waals surface area contributed by atoms with Crippen LogP contribution < -0.4 is 4.72 Å². The molecule has 1 heterocycles. The predicted octanol–water partition coefficient (Wildman–Crippen LogP) is 2.43. The van der Waals surface area contributed by atoms with Gasteiger partial charge in [0.2, 0.25) is 0 Å². The number of hydrogen-bond acceptors (Lipinski definition) is 4. The molecule has 76 valence electrons. The van der Waals surface area contributed by atoms with Gasteiger partial charge in [0, 0.05) is 17.2 Å². The molecule has 0 unspecified atom stereocenters. The fourth-order valence-electron chi connectivity index (χ4n) is 1.02. The normalized spacial score (nSPS) is 10.3. The minimum atomic E-state index is -0.215. The Morgan fingerprint density at radius 2 is 2.36 bits per heavy atom. The minimum Gasteiger partial charge on any atom is -0.286 e. The summed E-state index contributed by atoms with van der Waals surface area (Å²) >= 11 is 3.83. The molecule has 0 atom stereocenters. The number of carbonyl (C=O) groups excluding carboxylic acids is 1. The van der Waals surface area contributed by atoms with E-state index in [1.807, 2.05) is 6.07 Å². The summed E-state index contributed by atoms with van der Waals surface area (Å²) in [5.41, 5.74) is 1.53. The molecule has 0 spiro atoms. The molecule has 3 nitrogen and oxygen atoms in total. The van der Waals surface area contributed by atoms with Gasteiger partial charge in [-0.25, -0.2) is 0 Å². The highest BCUT2D eigenvalue weighted by atomic mass is 33.1. The van der Waals surface area contributed by atoms with Crippen LogP contribution >= 0.6 is 22.6 Å². The van der Waals surface area contributed by atoms with Crippen LogP contribution in [0.15, 0.2) is 18.3 Å². The summed E-state index contributed by atoms with van der Waals surface area (Å²) in [5.74, 6) is 0.181. The Hall–Kier alpha value is -0.680. The van der Waals surface area contributed by atoms with E-state index >= 15 is 0 Å². The van der Waals surface area contributed by atoms with Crippen LogP contribution in [0.4, 0.5) is 0 Å². The van der Waals surface area contributed by atoms with Crippen molar-refractivity contribution in [1.82, 2.24) is 9.71 Å². The van der Waals surface area contributed by atoms with E-state index in [0.29, 0.717) is 11.6 Å². The maximum Gasteiger partial charge on any atom is 0.280 e. The van der Waals surface area contributed by atoms with Crippen LogP contribution in [0.5, 0.6) is 0 Å². The third-order valence-electron chi connectivity index (χ3n) is 1.82. The lowest BCUT2D eigenvalue weighted by atomic mass is 10.0. The van der Waals surface area contributed by atoms with Gasteiger partial charge < -0.3 is 0 Å². The maximum atomic E-state index is 11.4. The Morgan fingerprint density at radius 1 is 1.64 bits per heavy atom. The molecule has 1 rings (SSSR count). The van der Waals surface area contributed by atoms with E-state index in [0.717, 1.165) is 16.5 Å². The van der Waals surface area contributed by atoms with Crippen molar-refractivity contribution in [1.29, 1.82) is 0 Å². The lowest BCUT2D eigenvalue weighted by Crippen LogP contribution is -2.16. The van der Waals surface area contributed by atoms with Crippen LogP contribution in [0, 0.1) is 0 Å². The van der Waals surface area contributed by atoms with Crippen molar-refractivity contribution in [2.75, 3.05) is 0 Å². The molecule has 0 aliphatic carbocycles. The first-order valence-corrected chi connectivity index (χ1v) is 6.08. The number of hydrogen-bond donors (Lipinski definition) is 2. The van der Waals surface area contributed by atoms with Gasteiger partial charge in [-0.05, 0) is 23.6 Å². The lowest BCUT2D eigenvalue weighted by molar-refractivity contribution is 0.0980. The smallest absolute Gasteiger partial charge is 0.280 e. The molecule has 0 bridgehead atoms. The van der Waals surface area contributed by atoms with Crippen molar-refractivity contribution in [2.45, 2.75) is 19.8 Å². The van der Waals surface area contributed by atoms with Gasteiger partial charge in [0.15, 0.2) is 0 Å². The molecule has 0 aliphatic rings. The zero-order valence-corrected chi connectivity index (χ0v) is 9.73. The molecule has 0 saturated heterocycles. The third-order valence-corrected chi connectivity index (χ3v) is 2.37. The topological polar surface area (TPSA) is 42.0 Å². The SMILES string of the molecule is CC(C)c1ccnc(C(=O)NSS)c1. The molecule has 0 aromatic carbocycles. The summed E-state index contributed by atoms with van der Waals surface area (Å²) in [7, 11) is 0.974. The van der Waals surface area contributed by atoms with Gasteiger partial charge in [-0.1, -0.05) is 25.5 Å². The van der Waals surface area contributed by atoms with Crippen LogP contribution in [0.2, 0.25) is 0 Å².